The number of nitrogens with two attached hydrogens (primary N) is 1. The molecule has 1 heterocycles. The number of hydrogen-bond donors (Lipinski definition) is 2. The topological polar surface area (TPSA) is 58.4 Å². The summed E-state index contributed by atoms with van der Waals surface area (Å²) in [6, 6.07) is 4.80. The molecule has 2 atom stereocenters. The van der Waals surface area contributed by atoms with Crippen LogP contribution < -0.4 is 11.1 Å². The lowest BCUT2D eigenvalue weighted by Crippen LogP contribution is -2.35. The van der Waals surface area contributed by atoms with Crippen LogP contribution in [-0.4, -0.2) is 30.1 Å². The average Bonchev–Trinajstić information content (AvgIpc) is 2.57. The second-order valence-corrected chi connectivity index (χ2v) is 5.51. The average molecular weight is 288 g/mol. The van der Waals surface area contributed by atoms with Crippen molar-refractivity contribution in [1.29, 1.82) is 0 Å². The number of benzene rings is 1. The van der Waals surface area contributed by atoms with E-state index in [2.05, 4.69) is 5.32 Å². The standard InChI is InChI=1S/C12H15Cl2N3O/c1-7-5-17(6-11(7)15)12(18)16-10-3-8(13)2-9(14)4-10/h2-4,7,11H,5-6,15H2,1H3,(H,16,18). The maximum atomic E-state index is 12.0. The van der Waals surface area contributed by atoms with E-state index in [1.54, 1.807) is 23.1 Å². The Labute approximate surface area is 116 Å². The number of nitrogens with one attached hydrogen (secondary N) is 1. The lowest BCUT2D eigenvalue weighted by Gasteiger charge is -2.17. The van der Waals surface area contributed by atoms with Gasteiger partial charge in [0.15, 0.2) is 0 Å². The normalized spacial score (nSPS) is 23.2. The first-order valence-electron chi connectivity index (χ1n) is 5.73. The molecule has 6 heteroatoms. The maximum Gasteiger partial charge on any atom is 0.321 e. The number of halogens is 2. The summed E-state index contributed by atoms with van der Waals surface area (Å²) >= 11 is 11.7. The molecule has 2 rings (SSSR count). The van der Waals surface area contributed by atoms with E-state index in [9.17, 15) is 4.79 Å². The van der Waals surface area contributed by atoms with Crippen LogP contribution in [-0.2, 0) is 0 Å². The highest BCUT2D eigenvalue weighted by atomic mass is 35.5. The summed E-state index contributed by atoms with van der Waals surface area (Å²) in [5.41, 5.74) is 6.47. The van der Waals surface area contributed by atoms with E-state index in [4.69, 9.17) is 28.9 Å². The van der Waals surface area contributed by atoms with Crippen LogP contribution in [0.3, 0.4) is 0 Å². The zero-order valence-corrected chi connectivity index (χ0v) is 11.5. The van der Waals surface area contributed by atoms with Gasteiger partial charge in [-0.1, -0.05) is 30.1 Å². The third-order valence-electron chi connectivity index (χ3n) is 3.07. The number of carbonyl (C=O) groups is 1. The van der Waals surface area contributed by atoms with Crippen molar-refractivity contribution in [2.45, 2.75) is 13.0 Å². The van der Waals surface area contributed by atoms with Gasteiger partial charge in [-0.3, -0.25) is 0 Å². The van der Waals surface area contributed by atoms with Gasteiger partial charge < -0.3 is 16.0 Å². The number of anilines is 1. The van der Waals surface area contributed by atoms with Gasteiger partial charge >= 0.3 is 6.03 Å². The summed E-state index contributed by atoms with van der Waals surface area (Å²) in [7, 11) is 0. The van der Waals surface area contributed by atoms with Crippen LogP contribution in [0.2, 0.25) is 10.0 Å². The minimum absolute atomic E-state index is 0.0405. The molecule has 0 radical (unpaired) electrons. The molecule has 2 unspecified atom stereocenters. The van der Waals surface area contributed by atoms with E-state index in [-0.39, 0.29) is 12.1 Å². The molecule has 1 fully saturated rings. The lowest BCUT2D eigenvalue weighted by molar-refractivity contribution is 0.221. The Kier molecular flexibility index (Phi) is 4.00. The summed E-state index contributed by atoms with van der Waals surface area (Å²) in [4.78, 5) is 13.7. The molecule has 0 aliphatic carbocycles. The van der Waals surface area contributed by atoms with Gasteiger partial charge in [-0.05, 0) is 24.1 Å². The molecule has 0 spiro atoms. The molecule has 18 heavy (non-hydrogen) atoms. The van der Waals surface area contributed by atoms with Gasteiger partial charge in [0.1, 0.15) is 0 Å². The van der Waals surface area contributed by atoms with Gasteiger partial charge in [0.25, 0.3) is 0 Å². The molecule has 1 aliphatic heterocycles. The zero-order valence-electron chi connectivity index (χ0n) is 9.99. The molecule has 1 saturated heterocycles. The fourth-order valence-corrected chi connectivity index (χ4v) is 2.51. The monoisotopic (exact) mass is 287 g/mol. The predicted molar refractivity (Wildman–Crippen MR) is 74.2 cm³/mol. The molecular formula is C12H15Cl2N3O. The van der Waals surface area contributed by atoms with Gasteiger partial charge in [0.2, 0.25) is 0 Å². The van der Waals surface area contributed by atoms with E-state index in [0.29, 0.717) is 34.7 Å². The Morgan fingerprint density at radius 1 is 1.33 bits per heavy atom. The third-order valence-corrected chi connectivity index (χ3v) is 3.51. The van der Waals surface area contributed by atoms with Crippen molar-refractivity contribution in [3.8, 4) is 0 Å². The summed E-state index contributed by atoms with van der Waals surface area (Å²) in [5.74, 6) is 0.318. The number of urea groups is 1. The zero-order chi connectivity index (χ0) is 13.3. The van der Waals surface area contributed by atoms with E-state index in [0.717, 1.165) is 0 Å². The van der Waals surface area contributed by atoms with Gasteiger partial charge in [-0.2, -0.15) is 0 Å². The quantitative estimate of drug-likeness (QED) is 0.834. The van der Waals surface area contributed by atoms with Gasteiger partial charge in [0, 0.05) is 34.9 Å². The Hall–Kier alpha value is -0.970. The van der Waals surface area contributed by atoms with Gasteiger partial charge in [-0.15, -0.1) is 0 Å². The van der Waals surface area contributed by atoms with Crippen molar-refractivity contribution in [3.05, 3.63) is 28.2 Å². The summed E-state index contributed by atoms with van der Waals surface area (Å²) in [6.45, 7) is 3.27. The SMILES string of the molecule is CC1CN(C(=O)Nc2cc(Cl)cc(Cl)c2)CC1N. The van der Waals surface area contributed by atoms with E-state index < -0.39 is 0 Å². The number of hydrogen-bond acceptors (Lipinski definition) is 2. The number of rotatable bonds is 1. The fraction of sp³-hybridized carbons (Fsp3) is 0.417. The second-order valence-electron chi connectivity index (χ2n) is 4.63. The van der Waals surface area contributed by atoms with Crippen molar-refractivity contribution in [3.63, 3.8) is 0 Å². The van der Waals surface area contributed by atoms with Crippen molar-refractivity contribution in [2.24, 2.45) is 11.7 Å². The second kappa shape index (κ2) is 5.34. The maximum absolute atomic E-state index is 12.0. The number of nitrogens with zero attached hydrogens (tertiary/aromatic N) is 1. The molecule has 98 valence electrons. The van der Waals surface area contributed by atoms with Crippen LogP contribution in [0.5, 0.6) is 0 Å². The highest BCUT2D eigenvalue weighted by Crippen LogP contribution is 2.23. The number of carbonyl (C=O) groups excluding carboxylic acids is 1. The Bertz CT molecular complexity index is 436. The Morgan fingerprint density at radius 3 is 2.44 bits per heavy atom. The molecule has 0 aromatic heterocycles. The lowest BCUT2D eigenvalue weighted by atomic mass is 10.1. The molecule has 3 N–H and O–H groups in total. The molecule has 1 aromatic carbocycles. The summed E-state index contributed by atoms with van der Waals surface area (Å²) in [6.07, 6.45) is 0. The van der Waals surface area contributed by atoms with Gasteiger partial charge in [-0.25, -0.2) is 4.79 Å². The number of likely N-dealkylation sites (tertiary alicyclic amines) is 1. The van der Waals surface area contributed by atoms with Crippen molar-refractivity contribution in [1.82, 2.24) is 4.90 Å². The van der Waals surface area contributed by atoms with Crippen LogP contribution in [0.1, 0.15) is 6.92 Å². The van der Waals surface area contributed by atoms with E-state index in [1.807, 2.05) is 6.92 Å². The molecular weight excluding hydrogens is 273 g/mol. The minimum Gasteiger partial charge on any atom is -0.326 e. The third kappa shape index (κ3) is 3.07. The first-order chi connectivity index (χ1) is 8.45. The highest BCUT2D eigenvalue weighted by molar-refractivity contribution is 6.35. The van der Waals surface area contributed by atoms with Gasteiger partial charge in [0.05, 0.1) is 0 Å². The first-order valence-corrected chi connectivity index (χ1v) is 6.49. The smallest absolute Gasteiger partial charge is 0.321 e. The van der Waals surface area contributed by atoms with E-state index in [1.165, 1.54) is 0 Å². The molecule has 2 amide bonds. The highest BCUT2D eigenvalue weighted by Gasteiger charge is 2.29. The first kappa shape index (κ1) is 13.5. The van der Waals surface area contributed by atoms with Crippen molar-refractivity contribution >= 4 is 34.9 Å². The van der Waals surface area contributed by atoms with Crippen molar-refractivity contribution < 1.29 is 4.79 Å². The van der Waals surface area contributed by atoms with Crippen LogP contribution >= 0.6 is 23.2 Å². The fourth-order valence-electron chi connectivity index (χ4n) is 1.99. The number of amides is 2. The molecule has 0 saturated carbocycles. The summed E-state index contributed by atoms with van der Waals surface area (Å²) < 4.78 is 0. The predicted octanol–water partition coefficient (Wildman–Crippen LogP) is 2.80. The Morgan fingerprint density at radius 2 is 1.94 bits per heavy atom. The van der Waals surface area contributed by atoms with Crippen LogP contribution in [0, 0.1) is 5.92 Å². The molecule has 0 bridgehead atoms. The van der Waals surface area contributed by atoms with Crippen LogP contribution in [0.15, 0.2) is 18.2 Å². The minimum atomic E-state index is -0.173. The van der Waals surface area contributed by atoms with E-state index >= 15 is 0 Å². The molecule has 1 aliphatic rings. The van der Waals surface area contributed by atoms with Crippen molar-refractivity contribution in [2.75, 3.05) is 18.4 Å². The Balaban J connectivity index is 2.03. The summed E-state index contributed by atoms with van der Waals surface area (Å²) in [5, 5.41) is 3.75. The van der Waals surface area contributed by atoms with Crippen LogP contribution in [0.25, 0.3) is 0 Å². The molecule has 1 aromatic rings. The van der Waals surface area contributed by atoms with Crippen LogP contribution in [0.4, 0.5) is 10.5 Å². The largest absolute Gasteiger partial charge is 0.326 e. The molecule has 4 nitrogen and oxygen atoms in total.